The van der Waals surface area contributed by atoms with E-state index in [0.717, 1.165) is 0 Å². The molecule has 2 unspecified atom stereocenters. The maximum Gasteiger partial charge on any atom is 0.0563 e. The van der Waals surface area contributed by atoms with Gasteiger partial charge in [-0.1, -0.05) is 30.4 Å². The number of rotatable bonds is 2. The highest BCUT2D eigenvalue weighted by Gasteiger charge is 2.22. The van der Waals surface area contributed by atoms with Crippen molar-refractivity contribution in [3.8, 4) is 0 Å². The molecule has 0 aromatic carbocycles. The molecule has 1 nitrogen and oxygen atoms in total. The Bertz CT molecular complexity index is 213. The number of nitrogens with one attached hydrogen (secondary N) is 1. The number of hydrogen-bond acceptors (Lipinski definition) is 1. The molecule has 0 aliphatic carbocycles. The van der Waals surface area contributed by atoms with Crippen LogP contribution in [-0.4, -0.2) is 6.04 Å². The highest BCUT2D eigenvalue weighted by Crippen LogP contribution is 2.23. The molecule has 1 heterocycles. The third-order valence-electron chi connectivity index (χ3n) is 2.04. The van der Waals surface area contributed by atoms with Crippen LogP contribution in [0.15, 0.2) is 36.6 Å². The molecular formula is C10H15N. The van der Waals surface area contributed by atoms with Gasteiger partial charge in [-0.05, 0) is 20.0 Å². The van der Waals surface area contributed by atoms with Crippen LogP contribution in [0, 0.1) is 5.92 Å². The van der Waals surface area contributed by atoms with Gasteiger partial charge in [-0.2, -0.15) is 0 Å². The lowest BCUT2D eigenvalue weighted by molar-refractivity contribution is 0.602. The molecule has 0 aromatic rings. The van der Waals surface area contributed by atoms with E-state index >= 15 is 0 Å². The predicted molar refractivity (Wildman–Crippen MR) is 49.2 cm³/mol. The SMILES string of the molecule is C=C(C)C1C=CNC1C(=C)C. The molecule has 1 N–H and O–H groups in total. The van der Waals surface area contributed by atoms with E-state index in [9.17, 15) is 0 Å². The first-order valence-corrected chi connectivity index (χ1v) is 3.86. The molecule has 11 heavy (non-hydrogen) atoms. The van der Waals surface area contributed by atoms with Gasteiger partial charge in [0.25, 0.3) is 0 Å². The maximum atomic E-state index is 3.94. The minimum absolute atomic E-state index is 0.368. The monoisotopic (exact) mass is 149 g/mol. The summed E-state index contributed by atoms with van der Waals surface area (Å²) in [7, 11) is 0. The molecule has 0 amide bonds. The van der Waals surface area contributed by atoms with Crippen molar-refractivity contribution in [3.05, 3.63) is 36.6 Å². The third kappa shape index (κ3) is 1.53. The Kier molecular flexibility index (Phi) is 2.18. The van der Waals surface area contributed by atoms with Crippen LogP contribution in [0.1, 0.15) is 13.8 Å². The van der Waals surface area contributed by atoms with Crippen molar-refractivity contribution in [2.45, 2.75) is 19.9 Å². The van der Waals surface area contributed by atoms with E-state index in [4.69, 9.17) is 0 Å². The van der Waals surface area contributed by atoms with Crippen molar-refractivity contribution in [1.82, 2.24) is 5.32 Å². The van der Waals surface area contributed by atoms with Crippen LogP contribution in [-0.2, 0) is 0 Å². The summed E-state index contributed by atoms with van der Waals surface area (Å²) >= 11 is 0. The molecule has 60 valence electrons. The van der Waals surface area contributed by atoms with Crippen LogP contribution < -0.4 is 5.32 Å². The first-order valence-electron chi connectivity index (χ1n) is 3.86. The summed E-state index contributed by atoms with van der Waals surface area (Å²) < 4.78 is 0. The Morgan fingerprint density at radius 1 is 1.27 bits per heavy atom. The molecule has 0 aromatic heterocycles. The van der Waals surface area contributed by atoms with Crippen molar-refractivity contribution < 1.29 is 0 Å². The van der Waals surface area contributed by atoms with Gasteiger partial charge in [0.1, 0.15) is 0 Å². The van der Waals surface area contributed by atoms with Crippen LogP contribution in [0.5, 0.6) is 0 Å². The lowest BCUT2D eigenvalue weighted by atomic mass is 9.92. The summed E-state index contributed by atoms with van der Waals surface area (Å²) in [5.41, 5.74) is 2.36. The van der Waals surface area contributed by atoms with E-state index in [-0.39, 0.29) is 0 Å². The molecule has 1 rings (SSSR count). The minimum Gasteiger partial charge on any atom is -0.384 e. The van der Waals surface area contributed by atoms with Gasteiger partial charge in [0.2, 0.25) is 0 Å². The second-order valence-electron chi connectivity index (χ2n) is 3.22. The molecular weight excluding hydrogens is 134 g/mol. The first-order chi connectivity index (χ1) is 5.13. The quantitative estimate of drug-likeness (QED) is 0.594. The fourth-order valence-corrected chi connectivity index (χ4v) is 1.38. The normalized spacial score (nSPS) is 28.2. The maximum absolute atomic E-state index is 3.94. The highest BCUT2D eigenvalue weighted by atomic mass is 14.9. The lowest BCUT2D eigenvalue weighted by Crippen LogP contribution is -2.27. The van der Waals surface area contributed by atoms with Gasteiger partial charge in [-0.15, -0.1) is 0 Å². The fraction of sp³-hybridized carbons (Fsp3) is 0.400. The van der Waals surface area contributed by atoms with Gasteiger partial charge in [-0.25, -0.2) is 0 Å². The molecule has 1 heteroatoms. The minimum atomic E-state index is 0.368. The van der Waals surface area contributed by atoms with Gasteiger partial charge < -0.3 is 5.32 Å². The summed E-state index contributed by atoms with van der Waals surface area (Å²) in [4.78, 5) is 0. The summed E-state index contributed by atoms with van der Waals surface area (Å²) in [5.74, 6) is 0.437. The van der Waals surface area contributed by atoms with E-state index in [0.29, 0.717) is 12.0 Å². The number of hydrogen-bond donors (Lipinski definition) is 1. The van der Waals surface area contributed by atoms with E-state index in [1.54, 1.807) is 0 Å². The molecule has 0 saturated heterocycles. The second kappa shape index (κ2) is 2.95. The highest BCUT2D eigenvalue weighted by molar-refractivity contribution is 5.24. The smallest absolute Gasteiger partial charge is 0.0563 e. The zero-order valence-electron chi connectivity index (χ0n) is 7.22. The fourth-order valence-electron chi connectivity index (χ4n) is 1.38. The van der Waals surface area contributed by atoms with Crippen LogP contribution in [0.25, 0.3) is 0 Å². The third-order valence-corrected chi connectivity index (χ3v) is 2.04. The molecule has 0 radical (unpaired) electrons. The molecule has 0 fully saturated rings. The van der Waals surface area contributed by atoms with E-state index in [1.807, 2.05) is 13.1 Å². The van der Waals surface area contributed by atoms with Crippen molar-refractivity contribution in [2.75, 3.05) is 0 Å². The zero-order chi connectivity index (χ0) is 8.43. The molecule has 1 aliphatic heterocycles. The Morgan fingerprint density at radius 2 is 1.91 bits per heavy atom. The summed E-state index contributed by atoms with van der Waals surface area (Å²) in [6.07, 6.45) is 4.13. The van der Waals surface area contributed by atoms with Crippen LogP contribution in [0.4, 0.5) is 0 Å². The summed E-state index contributed by atoms with van der Waals surface area (Å²) in [6, 6.07) is 0.368. The topological polar surface area (TPSA) is 12.0 Å². The summed E-state index contributed by atoms with van der Waals surface area (Å²) in [6.45, 7) is 12.0. The predicted octanol–water partition coefficient (Wildman–Crippen LogP) is 2.24. The average molecular weight is 149 g/mol. The first kappa shape index (κ1) is 8.12. The molecule has 0 saturated carbocycles. The Labute approximate surface area is 68.5 Å². The van der Waals surface area contributed by atoms with Gasteiger partial charge >= 0.3 is 0 Å². The molecule has 0 spiro atoms. The zero-order valence-corrected chi connectivity index (χ0v) is 7.22. The molecule has 0 bridgehead atoms. The second-order valence-corrected chi connectivity index (χ2v) is 3.22. The molecule has 2 atom stereocenters. The van der Waals surface area contributed by atoms with E-state index in [2.05, 4.69) is 31.5 Å². The summed E-state index contributed by atoms with van der Waals surface area (Å²) in [5, 5.41) is 3.25. The Morgan fingerprint density at radius 3 is 2.27 bits per heavy atom. The average Bonchev–Trinajstić information content (AvgIpc) is 2.32. The Hall–Kier alpha value is -0.980. The van der Waals surface area contributed by atoms with Gasteiger partial charge in [0.15, 0.2) is 0 Å². The largest absolute Gasteiger partial charge is 0.384 e. The van der Waals surface area contributed by atoms with Crippen LogP contribution in [0.3, 0.4) is 0 Å². The standard InChI is InChI=1S/C10H15N/c1-7(2)9-5-6-11-10(9)8(3)4/h5-6,9-11H,1,3H2,2,4H3. The molecule has 1 aliphatic rings. The van der Waals surface area contributed by atoms with Gasteiger partial charge in [-0.3, -0.25) is 0 Å². The van der Waals surface area contributed by atoms with Crippen LogP contribution >= 0.6 is 0 Å². The Balaban J connectivity index is 2.71. The van der Waals surface area contributed by atoms with Crippen molar-refractivity contribution in [1.29, 1.82) is 0 Å². The van der Waals surface area contributed by atoms with Crippen molar-refractivity contribution in [2.24, 2.45) is 5.92 Å². The van der Waals surface area contributed by atoms with E-state index in [1.165, 1.54) is 11.1 Å². The van der Waals surface area contributed by atoms with Crippen molar-refractivity contribution in [3.63, 3.8) is 0 Å². The van der Waals surface area contributed by atoms with E-state index < -0.39 is 0 Å². The lowest BCUT2D eigenvalue weighted by Gasteiger charge is -2.19. The van der Waals surface area contributed by atoms with Crippen molar-refractivity contribution >= 4 is 0 Å². The van der Waals surface area contributed by atoms with Crippen LogP contribution in [0.2, 0.25) is 0 Å². The van der Waals surface area contributed by atoms with Gasteiger partial charge in [0.05, 0.1) is 6.04 Å². The van der Waals surface area contributed by atoms with Gasteiger partial charge in [0, 0.05) is 5.92 Å².